The number of benzene rings is 1. The molecule has 1 fully saturated rings. The maximum Gasteiger partial charge on any atom is 0.246 e. The fourth-order valence-corrected chi connectivity index (χ4v) is 1.89. The first-order chi connectivity index (χ1) is 9.65. The molecule has 1 aliphatic heterocycles. The molecule has 1 aromatic carbocycles. The lowest BCUT2D eigenvalue weighted by Gasteiger charge is -2.19. The molecule has 1 heterocycles. The van der Waals surface area contributed by atoms with Crippen LogP contribution in [0.3, 0.4) is 0 Å². The summed E-state index contributed by atoms with van der Waals surface area (Å²) >= 11 is 0. The summed E-state index contributed by atoms with van der Waals surface area (Å²) in [5, 5.41) is 5.62. The quantitative estimate of drug-likeness (QED) is 0.798. The summed E-state index contributed by atoms with van der Waals surface area (Å²) < 4.78 is 36.8. The third-order valence-corrected chi connectivity index (χ3v) is 2.78. The first-order valence-electron chi connectivity index (χ1n) is 6.27. The Morgan fingerprint density at radius 2 is 1.80 bits per heavy atom. The third-order valence-electron chi connectivity index (χ3n) is 2.78. The molecule has 7 heteroatoms. The van der Waals surface area contributed by atoms with Gasteiger partial charge in [0.25, 0.3) is 0 Å². The van der Waals surface area contributed by atoms with Crippen molar-refractivity contribution in [3.8, 4) is 0 Å². The largest absolute Gasteiger partial charge is 0.369 e. The lowest BCUT2D eigenvalue weighted by molar-refractivity contribution is -0.126. The minimum atomic E-state index is -0.684. The monoisotopic (exact) mass is 286 g/mol. The molecule has 1 unspecified atom stereocenters. The second-order valence-corrected chi connectivity index (χ2v) is 4.38. The standard InChI is InChI=1S/C13H16F2N2O3/c14-10-3-9(4-11(15)5-10)12-6-16-8-20-2-1-19-7-13(18)17-12/h3-5,12,16H,1-2,6-8H2,(H,17,18). The van der Waals surface area contributed by atoms with E-state index in [4.69, 9.17) is 9.47 Å². The van der Waals surface area contributed by atoms with Crippen LogP contribution in [0.15, 0.2) is 18.2 Å². The van der Waals surface area contributed by atoms with Gasteiger partial charge in [0.2, 0.25) is 5.91 Å². The Morgan fingerprint density at radius 3 is 2.55 bits per heavy atom. The van der Waals surface area contributed by atoms with E-state index >= 15 is 0 Å². The van der Waals surface area contributed by atoms with E-state index in [1.807, 2.05) is 0 Å². The highest BCUT2D eigenvalue weighted by Crippen LogP contribution is 2.16. The summed E-state index contributed by atoms with van der Waals surface area (Å²) in [6.45, 7) is 1.15. The summed E-state index contributed by atoms with van der Waals surface area (Å²) in [4.78, 5) is 11.7. The summed E-state index contributed by atoms with van der Waals surface area (Å²) in [6, 6.07) is 2.61. The highest BCUT2D eigenvalue weighted by molar-refractivity contribution is 5.77. The van der Waals surface area contributed by atoms with Gasteiger partial charge in [-0.1, -0.05) is 0 Å². The first kappa shape index (κ1) is 14.8. The topological polar surface area (TPSA) is 59.6 Å². The van der Waals surface area contributed by atoms with Crippen LogP contribution < -0.4 is 10.6 Å². The van der Waals surface area contributed by atoms with Gasteiger partial charge in [-0.05, 0) is 17.7 Å². The minimum absolute atomic E-state index is 0.113. The Balaban J connectivity index is 2.13. The zero-order valence-corrected chi connectivity index (χ0v) is 10.8. The molecule has 1 aliphatic rings. The van der Waals surface area contributed by atoms with Crippen molar-refractivity contribution in [1.82, 2.24) is 10.6 Å². The molecule has 1 aromatic rings. The van der Waals surface area contributed by atoms with E-state index < -0.39 is 17.7 Å². The van der Waals surface area contributed by atoms with Crippen LogP contribution in [0.1, 0.15) is 11.6 Å². The number of hydrogen-bond acceptors (Lipinski definition) is 4. The van der Waals surface area contributed by atoms with Gasteiger partial charge in [0, 0.05) is 12.6 Å². The molecule has 1 amide bonds. The second-order valence-electron chi connectivity index (χ2n) is 4.38. The molecule has 0 spiro atoms. The van der Waals surface area contributed by atoms with Crippen LogP contribution in [0.2, 0.25) is 0 Å². The third kappa shape index (κ3) is 4.52. The van der Waals surface area contributed by atoms with Crippen molar-refractivity contribution in [3.05, 3.63) is 35.4 Å². The van der Waals surface area contributed by atoms with Crippen LogP contribution in [0.4, 0.5) is 8.78 Å². The zero-order valence-electron chi connectivity index (χ0n) is 10.8. The average molecular weight is 286 g/mol. The minimum Gasteiger partial charge on any atom is -0.369 e. The zero-order chi connectivity index (χ0) is 14.4. The molecule has 20 heavy (non-hydrogen) atoms. The van der Waals surface area contributed by atoms with Crippen molar-refractivity contribution in [3.63, 3.8) is 0 Å². The number of carbonyl (C=O) groups excluding carboxylic acids is 1. The van der Waals surface area contributed by atoms with Crippen LogP contribution in [-0.4, -0.2) is 39.0 Å². The molecule has 0 saturated carbocycles. The molecule has 0 aliphatic carbocycles. The molecule has 0 radical (unpaired) electrons. The summed E-state index contributed by atoms with van der Waals surface area (Å²) in [5.41, 5.74) is 0.350. The Hall–Kier alpha value is -1.57. The Labute approximate surface area is 115 Å². The van der Waals surface area contributed by atoms with E-state index in [1.165, 1.54) is 12.1 Å². The number of nitrogens with one attached hydrogen (secondary N) is 2. The van der Waals surface area contributed by atoms with Crippen LogP contribution in [0, 0.1) is 11.6 Å². The highest BCUT2D eigenvalue weighted by Gasteiger charge is 2.17. The normalized spacial score (nSPS) is 21.9. The van der Waals surface area contributed by atoms with Crippen molar-refractivity contribution in [2.45, 2.75) is 6.04 Å². The molecule has 0 aromatic heterocycles. The number of halogens is 2. The molecule has 1 atom stereocenters. The number of ether oxygens (including phenoxy) is 2. The molecular formula is C13H16F2N2O3. The van der Waals surface area contributed by atoms with E-state index in [0.717, 1.165) is 6.07 Å². The number of rotatable bonds is 1. The van der Waals surface area contributed by atoms with Crippen molar-refractivity contribution in [2.24, 2.45) is 0 Å². The van der Waals surface area contributed by atoms with E-state index in [-0.39, 0.29) is 19.2 Å². The molecule has 1 saturated heterocycles. The molecular weight excluding hydrogens is 270 g/mol. The summed E-state index contributed by atoms with van der Waals surface area (Å²) in [6.07, 6.45) is 0. The van der Waals surface area contributed by atoms with Crippen molar-refractivity contribution >= 4 is 5.91 Å². The molecule has 2 rings (SSSR count). The lowest BCUT2D eigenvalue weighted by atomic mass is 10.1. The van der Waals surface area contributed by atoms with Gasteiger partial charge in [-0.2, -0.15) is 0 Å². The first-order valence-corrected chi connectivity index (χ1v) is 6.27. The second kappa shape index (κ2) is 7.28. The van der Waals surface area contributed by atoms with Gasteiger partial charge in [0.15, 0.2) is 0 Å². The van der Waals surface area contributed by atoms with Crippen LogP contribution >= 0.6 is 0 Å². The van der Waals surface area contributed by atoms with Gasteiger partial charge in [-0.25, -0.2) is 8.78 Å². The Morgan fingerprint density at radius 1 is 1.10 bits per heavy atom. The van der Waals surface area contributed by atoms with Gasteiger partial charge in [-0.3, -0.25) is 10.1 Å². The summed E-state index contributed by atoms with van der Waals surface area (Å²) in [7, 11) is 0. The SMILES string of the molecule is O=C1COCCOCNCC(c2cc(F)cc(F)c2)N1. The predicted molar refractivity (Wildman–Crippen MR) is 66.9 cm³/mol. The van der Waals surface area contributed by atoms with E-state index in [2.05, 4.69) is 10.6 Å². The molecule has 5 nitrogen and oxygen atoms in total. The lowest BCUT2D eigenvalue weighted by Crippen LogP contribution is -2.37. The maximum atomic E-state index is 13.2. The fourth-order valence-electron chi connectivity index (χ4n) is 1.89. The van der Waals surface area contributed by atoms with Crippen LogP contribution in [-0.2, 0) is 14.3 Å². The van der Waals surface area contributed by atoms with E-state index in [0.29, 0.717) is 25.3 Å². The maximum absolute atomic E-state index is 13.2. The molecule has 0 bridgehead atoms. The van der Waals surface area contributed by atoms with E-state index in [9.17, 15) is 13.6 Å². The number of amides is 1. The highest BCUT2D eigenvalue weighted by atomic mass is 19.1. The van der Waals surface area contributed by atoms with Crippen LogP contribution in [0.25, 0.3) is 0 Å². The van der Waals surface area contributed by atoms with E-state index in [1.54, 1.807) is 0 Å². The van der Waals surface area contributed by atoms with Crippen molar-refractivity contribution in [1.29, 1.82) is 0 Å². The van der Waals surface area contributed by atoms with Gasteiger partial charge < -0.3 is 14.8 Å². The van der Waals surface area contributed by atoms with Crippen molar-refractivity contribution < 1.29 is 23.0 Å². The van der Waals surface area contributed by atoms with Crippen molar-refractivity contribution in [2.75, 3.05) is 33.1 Å². The average Bonchev–Trinajstić information content (AvgIpc) is 2.43. The fraction of sp³-hybridized carbons (Fsp3) is 0.462. The van der Waals surface area contributed by atoms with Crippen LogP contribution in [0.5, 0.6) is 0 Å². The molecule has 110 valence electrons. The number of carbonyl (C=O) groups is 1. The molecule has 2 N–H and O–H groups in total. The Bertz CT molecular complexity index is 451. The Kier molecular flexibility index (Phi) is 5.40. The number of hydrogen-bond donors (Lipinski definition) is 2. The smallest absolute Gasteiger partial charge is 0.246 e. The predicted octanol–water partition coefficient (Wildman–Crippen LogP) is 0.716. The van der Waals surface area contributed by atoms with Gasteiger partial charge in [-0.15, -0.1) is 0 Å². The van der Waals surface area contributed by atoms with Gasteiger partial charge in [0.05, 0.1) is 26.0 Å². The summed E-state index contributed by atoms with van der Waals surface area (Å²) in [5.74, 6) is -1.71. The van der Waals surface area contributed by atoms with Gasteiger partial charge >= 0.3 is 0 Å². The van der Waals surface area contributed by atoms with Gasteiger partial charge in [0.1, 0.15) is 18.2 Å².